The van der Waals surface area contributed by atoms with Gasteiger partial charge in [-0.2, -0.15) is 0 Å². The third-order valence-electron chi connectivity index (χ3n) is 4.38. The number of carbonyl (C=O) groups is 1. The van der Waals surface area contributed by atoms with Crippen molar-refractivity contribution in [1.82, 2.24) is 4.90 Å². The number of hydrogen-bond donors (Lipinski definition) is 0. The first-order valence-corrected chi connectivity index (χ1v) is 6.76. The lowest BCUT2D eigenvalue weighted by Crippen LogP contribution is -2.46. The first kappa shape index (κ1) is 12.2. The Morgan fingerprint density at radius 3 is 3.00 bits per heavy atom. The number of rotatable bonds is 4. The van der Waals surface area contributed by atoms with Gasteiger partial charge in [0.05, 0.1) is 13.2 Å². The van der Waals surface area contributed by atoms with Crippen molar-refractivity contribution in [1.29, 1.82) is 0 Å². The lowest BCUT2D eigenvalue weighted by molar-refractivity contribution is -0.151. The average Bonchev–Trinajstić information content (AvgIpc) is 3.03. The molecule has 2 heterocycles. The molecule has 0 radical (unpaired) electrons. The van der Waals surface area contributed by atoms with Gasteiger partial charge in [-0.25, -0.2) is 0 Å². The van der Waals surface area contributed by atoms with Gasteiger partial charge in [-0.1, -0.05) is 12.2 Å². The topological polar surface area (TPSA) is 38.8 Å². The van der Waals surface area contributed by atoms with Crippen molar-refractivity contribution in [3.63, 3.8) is 0 Å². The van der Waals surface area contributed by atoms with Gasteiger partial charge in [0.15, 0.2) is 0 Å². The summed E-state index contributed by atoms with van der Waals surface area (Å²) < 4.78 is 10.9. The molecule has 1 saturated carbocycles. The Kier molecular flexibility index (Phi) is 2.94. The summed E-state index contributed by atoms with van der Waals surface area (Å²) in [4.78, 5) is 14.3. The van der Waals surface area contributed by atoms with Crippen molar-refractivity contribution in [3.05, 3.63) is 12.2 Å². The maximum absolute atomic E-state index is 12.1. The Labute approximate surface area is 108 Å². The molecule has 0 bridgehead atoms. The minimum absolute atomic E-state index is 0.126. The van der Waals surface area contributed by atoms with E-state index in [-0.39, 0.29) is 12.1 Å². The van der Waals surface area contributed by atoms with E-state index in [0.717, 1.165) is 44.0 Å². The van der Waals surface area contributed by atoms with Gasteiger partial charge in [-0.05, 0) is 25.2 Å². The summed E-state index contributed by atoms with van der Waals surface area (Å²) in [6.07, 6.45) is 4.26. The fraction of sp³-hybridized carbons (Fsp3) is 0.786. The molecule has 3 rings (SSSR count). The van der Waals surface area contributed by atoms with Gasteiger partial charge in [0.2, 0.25) is 0 Å². The molecule has 100 valence electrons. The van der Waals surface area contributed by atoms with Gasteiger partial charge >= 0.3 is 5.97 Å². The van der Waals surface area contributed by atoms with Crippen molar-refractivity contribution in [2.24, 2.45) is 5.92 Å². The van der Waals surface area contributed by atoms with Crippen LogP contribution < -0.4 is 0 Å². The molecule has 0 amide bonds. The largest absolute Gasteiger partial charge is 0.468 e. The fourth-order valence-electron chi connectivity index (χ4n) is 3.27. The maximum Gasteiger partial charge on any atom is 0.326 e. The van der Waals surface area contributed by atoms with Crippen LogP contribution in [-0.4, -0.2) is 49.3 Å². The molecule has 2 atom stereocenters. The summed E-state index contributed by atoms with van der Waals surface area (Å²) >= 11 is 0. The predicted octanol–water partition coefficient (Wildman–Crippen LogP) is 1.36. The molecule has 4 heteroatoms. The molecule has 0 spiro atoms. The number of esters is 1. The SMILES string of the molecule is C=C1CN2CC(OCC3CC3)CC2(C(=O)OC)C1. The molecule has 0 aromatic carbocycles. The molecule has 4 nitrogen and oxygen atoms in total. The van der Waals surface area contributed by atoms with Crippen molar-refractivity contribution < 1.29 is 14.3 Å². The number of carbonyl (C=O) groups excluding carboxylic acids is 1. The van der Waals surface area contributed by atoms with Gasteiger partial charge in [-0.3, -0.25) is 9.69 Å². The van der Waals surface area contributed by atoms with Crippen LogP contribution in [0.15, 0.2) is 12.2 Å². The second kappa shape index (κ2) is 4.35. The van der Waals surface area contributed by atoms with E-state index < -0.39 is 5.54 Å². The summed E-state index contributed by atoms with van der Waals surface area (Å²) in [5.74, 6) is 0.642. The Morgan fingerprint density at radius 2 is 2.33 bits per heavy atom. The van der Waals surface area contributed by atoms with Gasteiger partial charge < -0.3 is 9.47 Å². The van der Waals surface area contributed by atoms with Gasteiger partial charge in [-0.15, -0.1) is 0 Å². The van der Waals surface area contributed by atoms with E-state index in [0.29, 0.717) is 0 Å². The van der Waals surface area contributed by atoms with Crippen LogP contribution in [0.5, 0.6) is 0 Å². The second-order valence-electron chi connectivity index (χ2n) is 5.93. The summed E-state index contributed by atoms with van der Waals surface area (Å²) in [5, 5.41) is 0. The number of fused-ring (bicyclic) bond motifs is 1. The Morgan fingerprint density at radius 1 is 1.56 bits per heavy atom. The fourth-order valence-corrected chi connectivity index (χ4v) is 3.27. The molecule has 1 aliphatic carbocycles. The molecule has 18 heavy (non-hydrogen) atoms. The van der Waals surface area contributed by atoms with E-state index >= 15 is 0 Å². The summed E-state index contributed by atoms with van der Waals surface area (Å²) in [7, 11) is 1.47. The molecule has 0 aromatic heterocycles. The molecule has 3 fully saturated rings. The highest BCUT2D eigenvalue weighted by molar-refractivity contribution is 5.82. The molecule has 2 saturated heterocycles. The van der Waals surface area contributed by atoms with Crippen LogP contribution in [-0.2, 0) is 14.3 Å². The van der Waals surface area contributed by atoms with Crippen molar-refractivity contribution in [3.8, 4) is 0 Å². The van der Waals surface area contributed by atoms with E-state index in [1.54, 1.807) is 0 Å². The highest BCUT2D eigenvalue weighted by Crippen LogP contribution is 2.43. The van der Waals surface area contributed by atoms with E-state index in [1.165, 1.54) is 20.0 Å². The molecule has 0 N–H and O–H groups in total. The number of hydrogen-bond acceptors (Lipinski definition) is 4. The smallest absolute Gasteiger partial charge is 0.326 e. The molecular formula is C14H21NO3. The van der Waals surface area contributed by atoms with E-state index in [9.17, 15) is 4.79 Å². The van der Waals surface area contributed by atoms with Gasteiger partial charge in [0, 0.05) is 26.1 Å². The maximum atomic E-state index is 12.1. The zero-order valence-corrected chi connectivity index (χ0v) is 11.0. The second-order valence-corrected chi connectivity index (χ2v) is 5.93. The zero-order valence-electron chi connectivity index (χ0n) is 11.0. The average molecular weight is 251 g/mol. The molecule has 3 aliphatic rings. The van der Waals surface area contributed by atoms with Crippen LogP contribution in [0, 0.1) is 5.92 Å². The number of ether oxygens (including phenoxy) is 2. The molecule has 2 aliphatic heterocycles. The third kappa shape index (κ3) is 1.97. The van der Waals surface area contributed by atoms with Crippen molar-refractivity contribution in [2.45, 2.75) is 37.3 Å². The predicted molar refractivity (Wildman–Crippen MR) is 67.2 cm³/mol. The highest BCUT2D eigenvalue weighted by Gasteiger charge is 2.56. The van der Waals surface area contributed by atoms with Crippen LogP contribution in [0.1, 0.15) is 25.7 Å². The Hall–Kier alpha value is -0.870. The normalized spacial score (nSPS) is 35.8. The Balaban J connectivity index is 1.68. The van der Waals surface area contributed by atoms with Gasteiger partial charge in [0.25, 0.3) is 0 Å². The van der Waals surface area contributed by atoms with Gasteiger partial charge in [0.1, 0.15) is 5.54 Å². The van der Waals surface area contributed by atoms with E-state index in [4.69, 9.17) is 9.47 Å². The van der Waals surface area contributed by atoms with Crippen molar-refractivity contribution in [2.75, 3.05) is 26.8 Å². The number of nitrogens with zero attached hydrogens (tertiary/aromatic N) is 1. The minimum Gasteiger partial charge on any atom is -0.468 e. The van der Waals surface area contributed by atoms with Crippen LogP contribution in [0.3, 0.4) is 0 Å². The lowest BCUT2D eigenvalue weighted by Gasteiger charge is -2.27. The lowest BCUT2D eigenvalue weighted by atomic mass is 9.92. The standard InChI is InChI=1S/C14H21NO3/c1-10-5-14(13(16)17-2)6-12(8-15(14)7-10)18-9-11-3-4-11/h11-12H,1,3-9H2,2H3. The van der Waals surface area contributed by atoms with Crippen LogP contribution >= 0.6 is 0 Å². The third-order valence-corrected chi connectivity index (χ3v) is 4.38. The first-order valence-electron chi connectivity index (χ1n) is 6.76. The van der Waals surface area contributed by atoms with Crippen LogP contribution in [0.25, 0.3) is 0 Å². The Bertz CT molecular complexity index is 377. The number of methoxy groups -OCH3 is 1. The quantitative estimate of drug-likeness (QED) is 0.558. The zero-order chi connectivity index (χ0) is 12.8. The highest BCUT2D eigenvalue weighted by atomic mass is 16.5. The molecule has 0 aromatic rings. The van der Waals surface area contributed by atoms with E-state index in [2.05, 4.69) is 11.5 Å². The monoisotopic (exact) mass is 251 g/mol. The molecule has 2 unspecified atom stereocenters. The minimum atomic E-state index is -0.486. The van der Waals surface area contributed by atoms with Crippen molar-refractivity contribution >= 4 is 5.97 Å². The van der Waals surface area contributed by atoms with Crippen LogP contribution in [0.4, 0.5) is 0 Å². The summed E-state index contributed by atoms with van der Waals surface area (Å²) in [5.41, 5.74) is 0.640. The first-order chi connectivity index (χ1) is 8.64. The van der Waals surface area contributed by atoms with E-state index in [1.807, 2.05) is 0 Å². The van der Waals surface area contributed by atoms with Crippen LogP contribution in [0.2, 0.25) is 0 Å². The summed E-state index contributed by atoms with van der Waals surface area (Å²) in [6.45, 7) is 6.51. The molecular weight excluding hydrogens is 230 g/mol. The summed E-state index contributed by atoms with van der Waals surface area (Å²) in [6, 6.07) is 0.